The molecule has 3 heterocycles. The van der Waals surface area contributed by atoms with E-state index in [1.54, 1.807) is 20.0 Å². The normalized spacial score (nSPS) is 22.5. The van der Waals surface area contributed by atoms with E-state index in [1.165, 1.54) is 11.3 Å². The Kier molecular flexibility index (Phi) is 7.74. The van der Waals surface area contributed by atoms with Crippen LogP contribution in [-0.2, 0) is 4.74 Å². The van der Waals surface area contributed by atoms with E-state index < -0.39 is 29.8 Å². The van der Waals surface area contributed by atoms with Gasteiger partial charge in [-0.2, -0.15) is 4.98 Å². The number of nitrogens with zero attached hydrogens (tertiary/aromatic N) is 4. The van der Waals surface area contributed by atoms with Gasteiger partial charge in [0.25, 0.3) is 0 Å². The van der Waals surface area contributed by atoms with Crippen molar-refractivity contribution in [2.75, 3.05) is 23.8 Å². The lowest BCUT2D eigenvalue weighted by Crippen LogP contribution is -2.40. The molecule has 0 spiro atoms. The number of aliphatic hydroxyl groups is 3. The molecule has 5 N–H and O–H groups in total. The van der Waals surface area contributed by atoms with E-state index in [0.717, 1.165) is 26.5 Å². The maximum atomic E-state index is 10.8. The number of pyridine rings is 1. The quantitative estimate of drug-likeness (QED) is 0.275. The molecule has 3 aromatic heterocycles. The smallest absolute Gasteiger partial charge is 0.224 e. The maximum Gasteiger partial charge on any atom is 0.224 e. The minimum atomic E-state index is -1.14. The zero-order valence-corrected chi connectivity index (χ0v) is 23.3. The van der Waals surface area contributed by atoms with Crippen molar-refractivity contribution in [3.63, 3.8) is 0 Å². The Labute approximate surface area is 221 Å². The first-order valence-corrected chi connectivity index (χ1v) is 13.4. The van der Waals surface area contributed by atoms with E-state index in [1.807, 2.05) is 40.7 Å². The Bertz CT molecular complexity index is 1250. The van der Waals surface area contributed by atoms with Gasteiger partial charge in [-0.15, -0.1) is 11.3 Å². The summed E-state index contributed by atoms with van der Waals surface area (Å²) in [5.74, 6) is 0.436. The summed E-state index contributed by atoms with van der Waals surface area (Å²) in [7, 11) is 0. The zero-order chi connectivity index (χ0) is 27.1. The highest BCUT2D eigenvalue weighted by molar-refractivity contribution is 7.21. The van der Waals surface area contributed by atoms with Gasteiger partial charge in [-0.05, 0) is 61.0 Å². The first kappa shape index (κ1) is 27.6. The number of hydrogen-bond donors (Lipinski definition) is 5. The average molecular weight is 531 g/mol. The molecule has 0 aliphatic heterocycles. The van der Waals surface area contributed by atoms with E-state index in [0.29, 0.717) is 37.0 Å². The van der Waals surface area contributed by atoms with Gasteiger partial charge in [-0.1, -0.05) is 0 Å². The number of fused-ring (bicyclic) bond motifs is 1. The van der Waals surface area contributed by atoms with Crippen LogP contribution in [0.1, 0.15) is 52.4 Å². The Morgan fingerprint density at radius 1 is 1.05 bits per heavy atom. The van der Waals surface area contributed by atoms with Crippen LogP contribution in [0.15, 0.2) is 12.3 Å². The highest BCUT2D eigenvalue weighted by Crippen LogP contribution is 2.40. The number of rotatable bonds is 8. The summed E-state index contributed by atoms with van der Waals surface area (Å²) in [4.78, 5) is 18.6. The van der Waals surface area contributed by atoms with Crippen molar-refractivity contribution >= 4 is 33.3 Å². The standard InChI is InChI=1S/C26H38N6O4S/c1-13-18(23-31-19-14(2)27-9-8-17(19)37-23)22(32-24(29-13)28-10-11-36-25(3,4)5)30-16-12-15(26(6,7)35)20(33)21(16)34/h8-9,15-16,20-21,33-35H,10-12H2,1-7H3,(H2,28,29,30,32)/t15-,16+,20+,21-/m0/s1. The molecule has 1 saturated carbocycles. The second-order valence-electron chi connectivity index (χ2n) is 11.2. The molecule has 10 nitrogen and oxygen atoms in total. The van der Waals surface area contributed by atoms with Crippen LogP contribution < -0.4 is 10.6 Å². The first-order chi connectivity index (χ1) is 17.2. The molecule has 202 valence electrons. The van der Waals surface area contributed by atoms with Crippen LogP contribution in [0.25, 0.3) is 20.8 Å². The van der Waals surface area contributed by atoms with Gasteiger partial charge in [0, 0.05) is 18.7 Å². The van der Waals surface area contributed by atoms with Crippen molar-refractivity contribution in [2.24, 2.45) is 5.92 Å². The average Bonchev–Trinajstić information content (AvgIpc) is 3.33. The molecule has 1 fully saturated rings. The predicted octanol–water partition coefficient (Wildman–Crippen LogP) is 3.29. The zero-order valence-electron chi connectivity index (χ0n) is 22.5. The molecule has 4 rings (SSSR count). The third kappa shape index (κ3) is 6.18. The molecular weight excluding hydrogens is 492 g/mol. The minimum Gasteiger partial charge on any atom is -0.390 e. The van der Waals surface area contributed by atoms with Gasteiger partial charge in [0.2, 0.25) is 5.95 Å². The van der Waals surface area contributed by atoms with Crippen molar-refractivity contribution in [1.29, 1.82) is 0 Å². The van der Waals surface area contributed by atoms with Crippen molar-refractivity contribution in [3.8, 4) is 10.6 Å². The maximum absolute atomic E-state index is 10.8. The van der Waals surface area contributed by atoms with E-state index in [-0.39, 0.29) is 5.60 Å². The van der Waals surface area contributed by atoms with Crippen molar-refractivity contribution in [3.05, 3.63) is 23.7 Å². The van der Waals surface area contributed by atoms with Crippen LogP contribution in [0.4, 0.5) is 11.8 Å². The van der Waals surface area contributed by atoms with Crippen molar-refractivity contribution < 1.29 is 20.1 Å². The largest absolute Gasteiger partial charge is 0.390 e. The summed E-state index contributed by atoms with van der Waals surface area (Å²) >= 11 is 1.52. The highest BCUT2D eigenvalue weighted by Gasteiger charge is 2.48. The second-order valence-corrected chi connectivity index (χ2v) is 12.3. The lowest BCUT2D eigenvalue weighted by Gasteiger charge is -2.28. The van der Waals surface area contributed by atoms with Gasteiger partial charge in [0.1, 0.15) is 22.4 Å². The number of ether oxygens (including phenoxy) is 1. The van der Waals surface area contributed by atoms with E-state index >= 15 is 0 Å². The molecule has 11 heteroatoms. The lowest BCUT2D eigenvalue weighted by atomic mass is 9.88. The van der Waals surface area contributed by atoms with Crippen LogP contribution in [0.5, 0.6) is 0 Å². The molecule has 1 aliphatic carbocycles. The van der Waals surface area contributed by atoms with E-state index in [2.05, 4.69) is 20.6 Å². The van der Waals surface area contributed by atoms with Gasteiger partial charge in [-0.25, -0.2) is 9.97 Å². The SMILES string of the molecule is Cc1nc(NCCOC(C)(C)C)nc(N[C@@H]2C[C@H](C(C)(C)O)[C@@H](O)[C@H]2O)c1-c1nc2c(C)nccc2s1. The summed E-state index contributed by atoms with van der Waals surface area (Å²) in [6.45, 7) is 14.1. The van der Waals surface area contributed by atoms with Crippen LogP contribution >= 0.6 is 11.3 Å². The number of aryl methyl sites for hydroxylation is 2. The molecule has 1 aliphatic rings. The summed E-state index contributed by atoms with van der Waals surface area (Å²) in [5.41, 5.74) is 1.73. The van der Waals surface area contributed by atoms with Gasteiger partial charge in [0.05, 0.1) is 51.6 Å². The monoisotopic (exact) mass is 530 g/mol. The third-order valence-corrected chi connectivity index (χ3v) is 7.66. The van der Waals surface area contributed by atoms with Crippen LogP contribution in [0, 0.1) is 19.8 Å². The van der Waals surface area contributed by atoms with Crippen molar-refractivity contribution in [2.45, 2.75) is 84.3 Å². The number of aliphatic hydroxyl groups excluding tert-OH is 2. The lowest BCUT2D eigenvalue weighted by molar-refractivity contribution is -0.0601. The van der Waals surface area contributed by atoms with Gasteiger partial charge in [-0.3, -0.25) is 4.98 Å². The molecule has 4 atom stereocenters. The van der Waals surface area contributed by atoms with Crippen LogP contribution in [0.2, 0.25) is 0 Å². The van der Waals surface area contributed by atoms with Gasteiger partial charge < -0.3 is 30.7 Å². The topological polar surface area (TPSA) is 146 Å². The molecule has 0 saturated heterocycles. The molecule has 0 amide bonds. The number of aromatic nitrogens is 4. The van der Waals surface area contributed by atoms with Gasteiger partial charge >= 0.3 is 0 Å². The minimum absolute atomic E-state index is 0.245. The summed E-state index contributed by atoms with van der Waals surface area (Å²) < 4.78 is 6.80. The van der Waals surface area contributed by atoms with Gasteiger partial charge in [0.15, 0.2) is 0 Å². The molecular formula is C26H38N6O4S. The Morgan fingerprint density at radius 2 is 1.78 bits per heavy atom. The number of hydrogen-bond acceptors (Lipinski definition) is 11. The summed E-state index contributed by atoms with van der Waals surface area (Å²) in [5, 5.41) is 39.3. The summed E-state index contributed by atoms with van der Waals surface area (Å²) in [6.07, 6.45) is 0.00602. The Morgan fingerprint density at radius 3 is 2.41 bits per heavy atom. The fraction of sp³-hybridized carbons (Fsp3) is 0.615. The predicted molar refractivity (Wildman–Crippen MR) is 146 cm³/mol. The molecule has 0 bridgehead atoms. The fourth-order valence-electron chi connectivity index (χ4n) is 4.68. The second kappa shape index (κ2) is 10.4. The molecule has 0 unspecified atom stereocenters. The molecule has 0 radical (unpaired) electrons. The van der Waals surface area contributed by atoms with Crippen molar-refractivity contribution in [1.82, 2.24) is 19.9 Å². The summed E-state index contributed by atoms with van der Waals surface area (Å²) in [6, 6.07) is 1.41. The van der Waals surface area contributed by atoms with Crippen LogP contribution in [-0.4, -0.2) is 77.9 Å². The van der Waals surface area contributed by atoms with E-state index in [4.69, 9.17) is 14.7 Å². The number of anilines is 2. The third-order valence-electron chi connectivity index (χ3n) is 6.63. The van der Waals surface area contributed by atoms with Crippen LogP contribution in [0.3, 0.4) is 0 Å². The molecule has 3 aromatic rings. The fourth-order valence-corrected chi connectivity index (χ4v) is 5.79. The first-order valence-electron chi connectivity index (χ1n) is 12.6. The Balaban J connectivity index is 1.69. The molecule has 37 heavy (non-hydrogen) atoms. The highest BCUT2D eigenvalue weighted by atomic mass is 32.1. The molecule has 0 aromatic carbocycles. The Hall–Kier alpha value is -2.44. The number of nitrogens with one attached hydrogen (secondary N) is 2. The number of thiazole rings is 1. The van der Waals surface area contributed by atoms with E-state index in [9.17, 15) is 15.3 Å².